The average Bonchev–Trinajstić information content (AvgIpc) is 2.84. The van der Waals surface area contributed by atoms with Crippen LogP contribution in [0.5, 0.6) is 0 Å². The van der Waals surface area contributed by atoms with Crippen LogP contribution in [0.3, 0.4) is 0 Å². The van der Waals surface area contributed by atoms with Gasteiger partial charge in [-0.2, -0.15) is 0 Å². The van der Waals surface area contributed by atoms with Crippen molar-refractivity contribution in [3.05, 3.63) is 21.4 Å². The van der Waals surface area contributed by atoms with E-state index < -0.39 is 0 Å². The fraction of sp³-hybridized carbons (Fsp3) is 0.750. The maximum Gasteiger partial charge on any atom is 0.0299 e. The van der Waals surface area contributed by atoms with Crippen molar-refractivity contribution >= 4 is 11.3 Å². The summed E-state index contributed by atoms with van der Waals surface area (Å²) in [6, 6.07) is 3.16. The molecule has 1 N–H and O–H groups in total. The van der Waals surface area contributed by atoms with Crippen LogP contribution in [-0.2, 0) is 13.1 Å². The van der Waals surface area contributed by atoms with Gasteiger partial charge >= 0.3 is 0 Å². The number of nitrogens with one attached hydrogen (secondary N) is 1. The number of hydrogen-bond acceptors (Lipinski definition) is 3. The smallest absolute Gasteiger partial charge is 0.0299 e. The molecule has 2 rings (SSSR count). The van der Waals surface area contributed by atoms with E-state index in [4.69, 9.17) is 0 Å². The highest BCUT2D eigenvalue weighted by molar-refractivity contribution is 7.12. The molecule has 0 radical (unpaired) electrons. The maximum atomic E-state index is 3.50. The highest BCUT2D eigenvalue weighted by Crippen LogP contribution is 2.28. The number of rotatable bonds is 6. The van der Waals surface area contributed by atoms with E-state index in [1.54, 1.807) is 5.56 Å². The average molecular weight is 280 g/mol. The number of likely N-dealkylation sites (tertiary alicyclic amines) is 1. The normalized spacial score (nSPS) is 24.2. The van der Waals surface area contributed by atoms with Gasteiger partial charge in [0.15, 0.2) is 0 Å². The van der Waals surface area contributed by atoms with Crippen LogP contribution in [0.25, 0.3) is 0 Å². The molecular formula is C16H28N2S. The molecule has 2 heterocycles. The van der Waals surface area contributed by atoms with Gasteiger partial charge in [0, 0.05) is 35.4 Å². The van der Waals surface area contributed by atoms with E-state index in [0.717, 1.165) is 31.6 Å². The van der Waals surface area contributed by atoms with E-state index in [1.165, 1.54) is 29.1 Å². The zero-order valence-electron chi connectivity index (χ0n) is 12.8. The van der Waals surface area contributed by atoms with Crippen molar-refractivity contribution in [3.63, 3.8) is 0 Å². The molecule has 1 fully saturated rings. The van der Waals surface area contributed by atoms with Crippen molar-refractivity contribution in [2.45, 2.75) is 59.7 Å². The number of nitrogens with zero attached hydrogens (tertiary/aromatic N) is 1. The van der Waals surface area contributed by atoms with Gasteiger partial charge in [-0.15, -0.1) is 11.3 Å². The fourth-order valence-electron chi connectivity index (χ4n) is 3.05. The van der Waals surface area contributed by atoms with Crippen LogP contribution in [-0.4, -0.2) is 24.0 Å². The molecule has 2 unspecified atom stereocenters. The molecule has 1 aliphatic heterocycles. The van der Waals surface area contributed by atoms with Crippen molar-refractivity contribution in [2.24, 2.45) is 5.92 Å². The first-order valence-corrected chi connectivity index (χ1v) is 8.44. The van der Waals surface area contributed by atoms with Gasteiger partial charge in [0.1, 0.15) is 0 Å². The number of hydrogen-bond donors (Lipinski definition) is 1. The Balaban J connectivity index is 1.93. The molecule has 0 aliphatic carbocycles. The predicted octanol–water partition coefficient (Wildman–Crippen LogP) is 3.79. The first kappa shape index (κ1) is 15.0. The number of thiophene rings is 1. The summed E-state index contributed by atoms with van der Waals surface area (Å²) in [5.41, 5.74) is 1.54. The Labute approximate surface area is 122 Å². The molecule has 1 aromatic heterocycles. The highest BCUT2D eigenvalue weighted by atomic mass is 32.1. The van der Waals surface area contributed by atoms with E-state index in [-0.39, 0.29) is 0 Å². The summed E-state index contributed by atoms with van der Waals surface area (Å²) in [7, 11) is 0. The van der Waals surface area contributed by atoms with Crippen LogP contribution in [0.15, 0.2) is 6.07 Å². The molecule has 0 aromatic carbocycles. The van der Waals surface area contributed by atoms with Crippen molar-refractivity contribution in [2.75, 3.05) is 13.1 Å². The third kappa shape index (κ3) is 4.04. The van der Waals surface area contributed by atoms with Crippen LogP contribution >= 0.6 is 11.3 Å². The largest absolute Gasteiger partial charge is 0.312 e. The van der Waals surface area contributed by atoms with Crippen molar-refractivity contribution in [1.82, 2.24) is 10.2 Å². The fourth-order valence-corrected chi connectivity index (χ4v) is 4.07. The first-order valence-electron chi connectivity index (χ1n) is 7.63. The minimum absolute atomic E-state index is 0.746. The Kier molecular flexibility index (Phi) is 5.43. The second-order valence-corrected chi connectivity index (χ2v) is 7.43. The molecule has 1 aromatic rings. The van der Waals surface area contributed by atoms with Gasteiger partial charge in [0.05, 0.1) is 0 Å². The molecule has 3 heteroatoms. The van der Waals surface area contributed by atoms with Gasteiger partial charge in [0.25, 0.3) is 0 Å². The van der Waals surface area contributed by atoms with Gasteiger partial charge in [-0.05, 0) is 50.8 Å². The van der Waals surface area contributed by atoms with E-state index in [0.29, 0.717) is 0 Å². The molecule has 0 saturated carbocycles. The standard InChI is InChI=1S/C16H28N2S/c1-5-6-17-9-16-8-15(14(4)19-16)11-18-10-12(2)7-13(18)3/h8,12-13,17H,5-7,9-11H2,1-4H3. The zero-order chi connectivity index (χ0) is 13.8. The van der Waals surface area contributed by atoms with E-state index in [2.05, 4.69) is 44.0 Å². The Morgan fingerprint density at radius 1 is 1.42 bits per heavy atom. The van der Waals surface area contributed by atoms with Gasteiger partial charge in [-0.25, -0.2) is 0 Å². The molecule has 2 atom stereocenters. The minimum Gasteiger partial charge on any atom is -0.312 e. The lowest BCUT2D eigenvalue weighted by Gasteiger charge is -2.20. The van der Waals surface area contributed by atoms with Crippen LogP contribution in [0.4, 0.5) is 0 Å². The summed E-state index contributed by atoms with van der Waals surface area (Å²) in [5.74, 6) is 0.861. The minimum atomic E-state index is 0.746. The van der Waals surface area contributed by atoms with Gasteiger partial charge in [-0.3, -0.25) is 4.90 Å². The first-order chi connectivity index (χ1) is 9.10. The van der Waals surface area contributed by atoms with Gasteiger partial charge in [-0.1, -0.05) is 13.8 Å². The molecule has 2 nitrogen and oxygen atoms in total. The van der Waals surface area contributed by atoms with Gasteiger partial charge in [0.2, 0.25) is 0 Å². The highest BCUT2D eigenvalue weighted by Gasteiger charge is 2.26. The van der Waals surface area contributed by atoms with E-state index in [1.807, 2.05) is 11.3 Å². The lowest BCUT2D eigenvalue weighted by Crippen LogP contribution is -2.26. The van der Waals surface area contributed by atoms with Gasteiger partial charge < -0.3 is 5.32 Å². The third-order valence-electron chi connectivity index (χ3n) is 4.08. The Morgan fingerprint density at radius 3 is 2.84 bits per heavy atom. The van der Waals surface area contributed by atoms with Crippen molar-refractivity contribution in [3.8, 4) is 0 Å². The zero-order valence-corrected chi connectivity index (χ0v) is 13.6. The quantitative estimate of drug-likeness (QED) is 0.798. The van der Waals surface area contributed by atoms with Crippen LogP contribution in [0, 0.1) is 12.8 Å². The number of aryl methyl sites for hydroxylation is 1. The SMILES string of the molecule is CCCNCc1cc(CN2CC(C)CC2C)c(C)s1. The van der Waals surface area contributed by atoms with Crippen molar-refractivity contribution < 1.29 is 0 Å². The second kappa shape index (κ2) is 6.87. The summed E-state index contributed by atoms with van der Waals surface area (Å²) < 4.78 is 0. The third-order valence-corrected chi connectivity index (χ3v) is 5.18. The molecule has 108 valence electrons. The summed E-state index contributed by atoms with van der Waals surface area (Å²) in [5, 5.41) is 3.50. The molecule has 0 bridgehead atoms. The Morgan fingerprint density at radius 2 is 2.21 bits per heavy atom. The van der Waals surface area contributed by atoms with E-state index in [9.17, 15) is 0 Å². The molecule has 0 amide bonds. The summed E-state index contributed by atoms with van der Waals surface area (Å²) >= 11 is 1.96. The van der Waals surface area contributed by atoms with Crippen LogP contribution < -0.4 is 5.32 Å². The summed E-state index contributed by atoms with van der Waals surface area (Å²) in [6.45, 7) is 13.8. The van der Waals surface area contributed by atoms with Crippen LogP contribution in [0.2, 0.25) is 0 Å². The lowest BCUT2D eigenvalue weighted by molar-refractivity contribution is 0.256. The summed E-state index contributed by atoms with van der Waals surface area (Å²) in [6.07, 6.45) is 2.56. The summed E-state index contributed by atoms with van der Waals surface area (Å²) in [4.78, 5) is 5.63. The molecule has 19 heavy (non-hydrogen) atoms. The Bertz CT molecular complexity index is 399. The second-order valence-electron chi connectivity index (χ2n) is 6.09. The maximum absolute atomic E-state index is 3.50. The van der Waals surface area contributed by atoms with Crippen LogP contribution in [0.1, 0.15) is 48.9 Å². The monoisotopic (exact) mass is 280 g/mol. The molecular weight excluding hydrogens is 252 g/mol. The van der Waals surface area contributed by atoms with Crippen molar-refractivity contribution in [1.29, 1.82) is 0 Å². The molecule has 1 aliphatic rings. The predicted molar refractivity (Wildman–Crippen MR) is 84.7 cm³/mol. The van der Waals surface area contributed by atoms with E-state index >= 15 is 0 Å². The Hall–Kier alpha value is -0.380. The lowest BCUT2D eigenvalue weighted by atomic mass is 10.1. The molecule has 1 saturated heterocycles. The topological polar surface area (TPSA) is 15.3 Å². The molecule has 0 spiro atoms.